The largest absolute Gasteiger partial charge is 0.484 e. The Morgan fingerprint density at radius 2 is 0.674 bits per heavy atom. The predicted molar refractivity (Wildman–Crippen MR) is 435 cm³/mol. The number of hydrogen-bond acceptors (Lipinski definition) is 4. The number of furan rings is 1. The maximum atomic E-state index is 5.88. The van der Waals surface area contributed by atoms with E-state index in [0.29, 0.717) is 11.3 Å². The van der Waals surface area contributed by atoms with Crippen LogP contribution in [0.2, 0.25) is 0 Å². The van der Waals surface area contributed by atoms with E-state index in [-0.39, 0.29) is 6.10 Å². The van der Waals surface area contributed by atoms with E-state index in [4.69, 9.17) is 9.15 Å². The summed E-state index contributed by atoms with van der Waals surface area (Å²) >= 11 is 3.74. The first-order chi connectivity index (χ1) is 46.0. The van der Waals surface area contributed by atoms with E-state index in [1.807, 2.05) is 141 Å². The van der Waals surface area contributed by atoms with E-state index in [1.54, 1.807) is 0 Å². The van der Waals surface area contributed by atoms with E-state index in [0.717, 1.165) is 47.0 Å². The summed E-state index contributed by atoms with van der Waals surface area (Å²) in [7, 11) is 0. The van der Waals surface area contributed by atoms with Gasteiger partial charge in [0.2, 0.25) is 0 Å². The molecule has 0 saturated heterocycles. The molecule has 0 radical (unpaired) electrons. The first-order valence-corrected chi connectivity index (χ1v) is 37.3. The van der Waals surface area contributed by atoms with Crippen LogP contribution in [-0.2, 0) is 6.42 Å². The Kier molecular flexibility index (Phi) is 41.6. The number of allylic oxidation sites excluding steroid dienone is 2. The number of thiophene rings is 1. The summed E-state index contributed by atoms with van der Waals surface area (Å²) in [5, 5.41) is 8.29. The lowest BCUT2D eigenvalue weighted by Gasteiger charge is -2.30. The molecular formula is C90H121NO2S2. The molecule has 2 aliphatic carbocycles. The van der Waals surface area contributed by atoms with Crippen LogP contribution in [0, 0.1) is 23.7 Å². The van der Waals surface area contributed by atoms with E-state index < -0.39 is 0 Å². The van der Waals surface area contributed by atoms with Crippen molar-refractivity contribution in [2.75, 3.05) is 0 Å². The minimum absolute atomic E-state index is 0.208. The van der Waals surface area contributed by atoms with E-state index in [9.17, 15) is 0 Å². The second-order valence-corrected chi connectivity index (χ2v) is 26.8. The van der Waals surface area contributed by atoms with Crippen LogP contribution in [0.3, 0.4) is 0 Å². The molecule has 0 saturated carbocycles. The number of benzene rings is 9. The molecular weight excluding hydrogens is 1190 g/mol. The topological polar surface area (TPSA) is 27.3 Å². The third-order valence-electron chi connectivity index (χ3n) is 12.8. The van der Waals surface area contributed by atoms with Gasteiger partial charge in [-0.2, -0.15) is 0 Å². The molecule has 2 unspecified atom stereocenters. The first kappa shape index (κ1) is 83.5. The summed E-state index contributed by atoms with van der Waals surface area (Å²) in [6.07, 6.45) is 9.77. The smallest absolute Gasteiger partial charge is 0.135 e. The van der Waals surface area contributed by atoms with Gasteiger partial charge in [-0.05, 0) is 121 Å². The molecule has 0 bridgehead atoms. The van der Waals surface area contributed by atoms with Crippen molar-refractivity contribution in [3.8, 4) is 16.9 Å². The third kappa shape index (κ3) is 27.2. The Hall–Kier alpha value is -7.57. The van der Waals surface area contributed by atoms with Gasteiger partial charge < -0.3 is 13.7 Å². The molecule has 0 fully saturated rings. The van der Waals surface area contributed by atoms with E-state index >= 15 is 0 Å². The predicted octanol–water partition coefficient (Wildman–Crippen LogP) is 30.1. The van der Waals surface area contributed by atoms with Crippen LogP contribution in [-0.4, -0.2) is 15.9 Å². The Balaban J connectivity index is 0.000000371. The van der Waals surface area contributed by atoms with Crippen molar-refractivity contribution < 1.29 is 9.15 Å². The standard InChI is InChI=1S/C15H15N.C13H10.C12H10OS.C12H8O.C12H8S.4C4H10.5C2H6/c1-11(2)16-14-9-5-3-7-12(14)13-8-4-6-10-15(13)16;1-3-7-12-10(5-1)9-11-6-2-4-8-13(11)12;1-3-7-11-9(5-1)13-10-6-2-4-8-12(10)14-11;2*1-3-7-11-9(5-1)10-6-2-4-8-12(10)13-11;4*1-4(2)3;5*1-2/h3-11H,1-2H3;1-8H,9H2;1-9,11H;2*1-8H;4*4H,1-3H3;5*1-2H3. The van der Waals surface area contributed by atoms with Gasteiger partial charge in [-0.15, -0.1) is 23.1 Å². The lowest BCUT2D eigenvalue weighted by Crippen LogP contribution is -2.30. The second kappa shape index (κ2) is 47.3. The van der Waals surface area contributed by atoms with Crippen molar-refractivity contribution in [3.63, 3.8) is 0 Å². The Morgan fingerprint density at radius 3 is 1.09 bits per heavy atom. The summed E-state index contributed by atoms with van der Waals surface area (Å²) in [6, 6.07) is 76.6. The number of rotatable bonds is 1. The van der Waals surface area contributed by atoms with E-state index in [1.165, 1.54) is 79.9 Å². The lowest BCUT2D eigenvalue weighted by atomic mass is 10.1. The van der Waals surface area contributed by atoms with Crippen molar-refractivity contribution in [2.24, 2.45) is 23.7 Å². The van der Waals surface area contributed by atoms with Crippen LogP contribution in [0.15, 0.2) is 252 Å². The summed E-state index contributed by atoms with van der Waals surface area (Å²) < 4.78 is 16.7. The molecule has 95 heavy (non-hydrogen) atoms. The van der Waals surface area contributed by atoms with Crippen LogP contribution in [0.4, 0.5) is 0 Å². The minimum atomic E-state index is 0.208. The Bertz CT molecular complexity index is 3640. The molecule has 510 valence electrons. The average Bonchev–Trinajstić information content (AvgIpc) is 1.64. The van der Waals surface area contributed by atoms with Crippen LogP contribution in [0.1, 0.15) is 183 Å². The minimum Gasteiger partial charge on any atom is -0.484 e. The van der Waals surface area contributed by atoms with Gasteiger partial charge in [-0.1, -0.05) is 340 Å². The molecule has 3 aliphatic rings. The highest BCUT2D eigenvalue weighted by molar-refractivity contribution is 8.00. The molecule has 4 heterocycles. The monoisotopic (exact) mass is 1310 g/mol. The number of thioether (sulfide) groups is 1. The number of aromatic nitrogens is 1. The zero-order chi connectivity index (χ0) is 70.8. The second-order valence-electron chi connectivity index (χ2n) is 24.5. The van der Waals surface area contributed by atoms with Gasteiger partial charge in [0.05, 0.1) is 10.1 Å². The van der Waals surface area contributed by atoms with Crippen LogP contribution in [0.25, 0.3) is 75.0 Å². The molecule has 3 aromatic heterocycles. The summed E-state index contributed by atoms with van der Waals surface area (Å²) in [5.74, 6) is 4.35. The van der Waals surface area contributed by atoms with Gasteiger partial charge in [0, 0.05) is 58.8 Å². The molecule has 12 aromatic rings. The fourth-order valence-corrected chi connectivity index (χ4v) is 11.9. The fourth-order valence-electron chi connectivity index (χ4n) is 9.66. The van der Waals surface area contributed by atoms with Crippen molar-refractivity contribution in [2.45, 2.75) is 195 Å². The van der Waals surface area contributed by atoms with Crippen LogP contribution < -0.4 is 4.74 Å². The van der Waals surface area contributed by atoms with Gasteiger partial charge in [-0.3, -0.25) is 0 Å². The molecule has 0 amide bonds. The molecule has 9 aromatic carbocycles. The van der Waals surface area contributed by atoms with Gasteiger partial charge in [0.25, 0.3) is 0 Å². The molecule has 5 heteroatoms. The zero-order valence-electron chi connectivity index (χ0n) is 62.9. The lowest BCUT2D eigenvalue weighted by molar-refractivity contribution is 0.244. The third-order valence-corrected chi connectivity index (χ3v) is 15.3. The highest BCUT2D eigenvalue weighted by Crippen LogP contribution is 2.42. The number of fused-ring (bicyclic) bond motifs is 14. The summed E-state index contributed by atoms with van der Waals surface area (Å²) in [6.45, 7) is 50.5. The molecule has 3 nitrogen and oxygen atoms in total. The fraction of sp³-hybridized carbons (Fsp3) is 0.356. The average molecular weight is 1310 g/mol. The Morgan fingerprint density at radius 1 is 0.347 bits per heavy atom. The summed E-state index contributed by atoms with van der Waals surface area (Å²) in [5.41, 5.74) is 10.3. The number of nitrogens with zero attached hydrogens (tertiary/aromatic N) is 1. The highest BCUT2D eigenvalue weighted by atomic mass is 32.2. The van der Waals surface area contributed by atoms with Crippen LogP contribution in [0.5, 0.6) is 5.75 Å². The molecule has 2 atom stereocenters. The van der Waals surface area contributed by atoms with Crippen molar-refractivity contribution in [1.82, 2.24) is 4.57 Å². The quantitative estimate of drug-likeness (QED) is 0.164. The molecule has 0 spiro atoms. The van der Waals surface area contributed by atoms with Gasteiger partial charge >= 0.3 is 0 Å². The zero-order valence-corrected chi connectivity index (χ0v) is 64.6. The normalized spacial score (nSPS) is 12.6. The van der Waals surface area contributed by atoms with Gasteiger partial charge in [0.15, 0.2) is 0 Å². The number of para-hydroxylation sites is 5. The summed E-state index contributed by atoms with van der Waals surface area (Å²) in [4.78, 5) is 1.24. The van der Waals surface area contributed by atoms with E-state index in [2.05, 4.69) is 296 Å². The van der Waals surface area contributed by atoms with Gasteiger partial charge in [-0.25, -0.2) is 0 Å². The maximum absolute atomic E-state index is 5.88. The SMILES string of the molecule is C1=CC2Oc3ccccc3SC2C=C1.CC.CC.CC.CC.CC.CC(C)C.CC(C)C.CC(C)C.CC(C)C.CC(C)n1c2ccccc2c2ccccc21.c1ccc2c(c1)Cc1ccccc1-2.c1ccc2c(c1)oc1ccccc12.c1ccc2c(c1)sc1ccccc12. The van der Waals surface area contributed by atoms with Crippen molar-refractivity contribution in [1.29, 1.82) is 0 Å². The molecule has 1 aliphatic heterocycles. The van der Waals surface area contributed by atoms with Crippen molar-refractivity contribution in [3.05, 3.63) is 254 Å². The maximum Gasteiger partial charge on any atom is 0.135 e. The Labute approximate surface area is 586 Å². The van der Waals surface area contributed by atoms with Gasteiger partial charge in [0.1, 0.15) is 23.0 Å². The highest BCUT2D eigenvalue weighted by Gasteiger charge is 2.28. The van der Waals surface area contributed by atoms with Crippen molar-refractivity contribution >= 4 is 87.0 Å². The first-order valence-electron chi connectivity index (χ1n) is 35.6. The molecule has 0 N–H and O–H groups in total. The van der Waals surface area contributed by atoms with Crippen LogP contribution >= 0.6 is 23.1 Å². The number of hydrogen-bond donors (Lipinski definition) is 0. The number of ether oxygens (including phenoxy) is 1. The molecule has 15 rings (SSSR count).